The van der Waals surface area contributed by atoms with E-state index in [9.17, 15) is 14.3 Å². The molecule has 0 saturated carbocycles. The predicted molar refractivity (Wildman–Crippen MR) is 85.1 cm³/mol. The fourth-order valence-electron chi connectivity index (χ4n) is 2.05. The Hall–Kier alpha value is -1.27. The highest BCUT2D eigenvalue weighted by atomic mass is 32.2. The molecule has 0 bridgehead atoms. The van der Waals surface area contributed by atoms with Gasteiger partial charge in [-0.1, -0.05) is 18.2 Å². The van der Waals surface area contributed by atoms with E-state index in [1.165, 1.54) is 17.8 Å². The van der Waals surface area contributed by atoms with E-state index in [0.717, 1.165) is 0 Å². The van der Waals surface area contributed by atoms with Gasteiger partial charge >= 0.3 is 6.03 Å². The van der Waals surface area contributed by atoms with Crippen LogP contribution in [0.2, 0.25) is 0 Å². The lowest BCUT2D eigenvalue weighted by Gasteiger charge is -2.23. The van der Waals surface area contributed by atoms with Gasteiger partial charge in [-0.05, 0) is 38.2 Å². The molecule has 1 aromatic carbocycles. The van der Waals surface area contributed by atoms with Gasteiger partial charge in [-0.2, -0.15) is 11.8 Å². The number of benzene rings is 1. The number of nitrogens with one attached hydrogen (secondary N) is 2. The van der Waals surface area contributed by atoms with Gasteiger partial charge in [0.15, 0.2) is 0 Å². The summed E-state index contributed by atoms with van der Waals surface area (Å²) in [6.45, 7) is 3.68. The molecule has 118 valence electrons. The lowest BCUT2D eigenvalue weighted by atomic mass is 10.1. The van der Waals surface area contributed by atoms with Crippen LogP contribution in [0.4, 0.5) is 9.18 Å². The molecule has 3 N–H and O–H groups in total. The first-order valence-electron chi connectivity index (χ1n) is 6.92. The zero-order chi connectivity index (χ0) is 15.8. The molecule has 6 heteroatoms. The fraction of sp³-hybridized carbons (Fsp3) is 0.533. The molecular weight excluding hydrogens is 291 g/mol. The molecule has 3 unspecified atom stereocenters. The number of halogens is 1. The molecule has 4 nitrogen and oxygen atoms in total. The third kappa shape index (κ3) is 5.93. The van der Waals surface area contributed by atoms with Crippen molar-refractivity contribution in [3.8, 4) is 0 Å². The standard InChI is InChI=1S/C15H23FN2O2S/c1-10(8-12-6-4-5-7-13(12)16)17-15(20)18-11(2)14(9-19)21-3/h4-7,10-11,14,19H,8-9H2,1-3H3,(H2,17,18,20). The highest BCUT2D eigenvalue weighted by molar-refractivity contribution is 7.99. The van der Waals surface area contributed by atoms with Crippen molar-refractivity contribution in [1.29, 1.82) is 0 Å². The number of aliphatic hydroxyl groups excluding tert-OH is 1. The van der Waals surface area contributed by atoms with Crippen molar-refractivity contribution in [3.05, 3.63) is 35.6 Å². The van der Waals surface area contributed by atoms with E-state index < -0.39 is 0 Å². The summed E-state index contributed by atoms with van der Waals surface area (Å²) in [6.07, 6.45) is 2.32. The number of carbonyl (C=O) groups excluding carboxylic acids is 1. The topological polar surface area (TPSA) is 61.4 Å². The average molecular weight is 314 g/mol. The van der Waals surface area contributed by atoms with Crippen molar-refractivity contribution in [1.82, 2.24) is 10.6 Å². The van der Waals surface area contributed by atoms with Crippen LogP contribution in [0, 0.1) is 5.82 Å². The molecule has 0 fully saturated rings. The van der Waals surface area contributed by atoms with Gasteiger partial charge in [0.1, 0.15) is 5.82 Å². The minimum Gasteiger partial charge on any atom is -0.395 e. The molecule has 0 radical (unpaired) electrons. The maximum Gasteiger partial charge on any atom is 0.315 e. The Morgan fingerprint density at radius 1 is 1.33 bits per heavy atom. The maximum absolute atomic E-state index is 13.5. The SMILES string of the molecule is CSC(CO)C(C)NC(=O)NC(C)Cc1ccccc1F. The van der Waals surface area contributed by atoms with Gasteiger partial charge in [-0.25, -0.2) is 9.18 Å². The smallest absolute Gasteiger partial charge is 0.315 e. The van der Waals surface area contributed by atoms with Gasteiger partial charge < -0.3 is 15.7 Å². The van der Waals surface area contributed by atoms with Gasteiger partial charge in [-0.15, -0.1) is 0 Å². The summed E-state index contributed by atoms with van der Waals surface area (Å²) in [7, 11) is 0. The zero-order valence-electron chi connectivity index (χ0n) is 12.6. The first-order chi connectivity index (χ1) is 9.97. The third-order valence-corrected chi connectivity index (χ3v) is 4.42. The highest BCUT2D eigenvalue weighted by Crippen LogP contribution is 2.11. The van der Waals surface area contributed by atoms with E-state index in [-0.39, 0.29) is 35.8 Å². The third-order valence-electron chi connectivity index (χ3n) is 3.26. The van der Waals surface area contributed by atoms with Gasteiger partial charge in [0.25, 0.3) is 0 Å². The van der Waals surface area contributed by atoms with E-state index in [0.29, 0.717) is 12.0 Å². The number of thioether (sulfide) groups is 1. The number of urea groups is 1. The highest BCUT2D eigenvalue weighted by Gasteiger charge is 2.18. The summed E-state index contributed by atoms with van der Waals surface area (Å²) < 4.78 is 13.5. The van der Waals surface area contributed by atoms with Crippen molar-refractivity contribution < 1.29 is 14.3 Å². The fourth-order valence-corrected chi connectivity index (χ4v) is 2.67. The number of rotatable bonds is 7. The summed E-state index contributed by atoms with van der Waals surface area (Å²) in [5.74, 6) is -0.261. The molecule has 1 aromatic rings. The summed E-state index contributed by atoms with van der Waals surface area (Å²) in [6, 6.07) is 5.90. The number of aliphatic hydroxyl groups is 1. The molecule has 0 aliphatic rings. The Labute approximate surface area is 129 Å². The van der Waals surface area contributed by atoms with Gasteiger partial charge in [-0.3, -0.25) is 0 Å². The van der Waals surface area contributed by atoms with Crippen LogP contribution in [0.5, 0.6) is 0 Å². The Bertz CT molecular complexity index is 455. The van der Waals surface area contributed by atoms with E-state index in [1.807, 2.05) is 20.1 Å². The van der Waals surface area contributed by atoms with Crippen LogP contribution in [0.15, 0.2) is 24.3 Å². The molecule has 1 rings (SSSR count). The van der Waals surface area contributed by atoms with E-state index in [2.05, 4.69) is 10.6 Å². The second-order valence-electron chi connectivity index (χ2n) is 5.06. The van der Waals surface area contributed by atoms with E-state index >= 15 is 0 Å². The largest absolute Gasteiger partial charge is 0.395 e. The maximum atomic E-state index is 13.5. The van der Waals surface area contributed by atoms with Crippen molar-refractivity contribution in [3.63, 3.8) is 0 Å². The molecule has 0 aromatic heterocycles. The van der Waals surface area contributed by atoms with Crippen molar-refractivity contribution in [2.75, 3.05) is 12.9 Å². The summed E-state index contributed by atoms with van der Waals surface area (Å²) >= 11 is 1.50. The molecule has 2 amide bonds. The van der Waals surface area contributed by atoms with Crippen molar-refractivity contribution >= 4 is 17.8 Å². The number of hydrogen-bond acceptors (Lipinski definition) is 3. The molecule has 0 aliphatic heterocycles. The zero-order valence-corrected chi connectivity index (χ0v) is 13.4. The Morgan fingerprint density at radius 2 is 2.00 bits per heavy atom. The van der Waals surface area contributed by atoms with Gasteiger partial charge in [0, 0.05) is 17.3 Å². The Kier molecular flexibility index (Phi) is 7.53. The van der Waals surface area contributed by atoms with Crippen LogP contribution in [-0.2, 0) is 6.42 Å². The van der Waals surface area contributed by atoms with Crippen LogP contribution in [0.3, 0.4) is 0 Å². The lowest BCUT2D eigenvalue weighted by molar-refractivity contribution is 0.229. The first kappa shape index (κ1) is 17.8. The molecule has 0 heterocycles. The molecule has 0 spiro atoms. The number of hydrogen-bond donors (Lipinski definition) is 3. The summed E-state index contributed by atoms with van der Waals surface area (Å²) in [4.78, 5) is 11.9. The van der Waals surface area contributed by atoms with Crippen LogP contribution in [0.1, 0.15) is 19.4 Å². The second kappa shape index (κ2) is 8.89. The molecule has 0 aliphatic carbocycles. The second-order valence-corrected chi connectivity index (χ2v) is 6.14. The number of carbonyl (C=O) groups is 1. The minimum atomic E-state index is -0.307. The Balaban J connectivity index is 2.46. The molecule has 3 atom stereocenters. The monoisotopic (exact) mass is 314 g/mol. The molecular formula is C15H23FN2O2S. The molecule has 21 heavy (non-hydrogen) atoms. The normalized spacial score (nSPS) is 15.1. The Morgan fingerprint density at radius 3 is 2.57 bits per heavy atom. The van der Waals surface area contributed by atoms with Gasteiger partial charge in [0.05, 0.1) is 6.61 Å². The van der Waals surface area contributed by atoms with Crippen molar-refractivity contribution in [2.45, 2.75) is 37.6 Å². The summed E-state index contributed by atoms with van der Waals surface area (Å²) in [5.41, 5.74) is 0.579. The van der Waals surface area contributed by atoms with E-state index in [4.69, 9.17) is 0 Å². The van der Waals surface area contributed by atoms with E-state index in [1.54, 1.807) is 18.2 Å². The molecule has 0 saturated heterocycles. The van der Waals surface area contributed by atoms with Crippen LogP contribution in [0.25, 0.3) is 0 Å². The number of amides is 2. The van der Waals surface area contributed by atoms with Crippen molar-refractivity contribution in [2.24, 2.45) is 0 Å². The summed E-state index contributed by atoms with van der Waals surface area (Å²) in [5, 5.41) is 14.7. The minimum absolute atomic E-state index is 0.00733. The van der Waals surface area contributed by atoms with Crippen LogP contribution in [-0.4, -0.2) is 41.3 Å². The average Bonchev–Trinajstić information content (AvgIpc) is 2.42. The lowest BCUT2D eigenvalue weighted by Crippen LogP contribution is -2.48. The predicted octanol–water partition coefficient (Wildman–Crippen LogP) is 2.17. The van der Waals surface area contributed by atoms with Gasteiger partial charge in [0.2, 0.25) is 0 Å². The quantitative estimate of drug-likeness (QED) is 0.723. The first-order valence-corrected chi connectivity index (χ1v) is 8.20. The van der Waals surface area contributed by atoms with Crippen LogP contribution < -0.4 is 10.6 Å². The van der Waals surface area contributed by atoms with Crippen LogP contribution >= 0.6 is 11.8 Å².